The Kier molecular flexibility index (Phi) is 4.08. The maximum atomic E-state index is 4.79. The van der Waals surface area contributed by atoms with Gasteiger partial charge in [-0.05, 0) is 37.0 Å². The van der Waals surface area contributed by atoms with Gasteiger partial charge >= 0.3 is 0 Å². The molecule has 25 heavy (non-hydrogen) atoms. The molecule has 3 aromatic rings. The zero-order valence-electron chi connectivity index (χ0n) is 14.8. The summed E-state index contributed by atoms with van der Waals surface area (Å²) in [6.07, 6.45) is 4.90. The number of aromatic nitrogens is 2. The predicted octanol–water partition coefficient (Wildman–Crippen LogP) is 4.69. The fourth-order valence-electron chi connectivity index (χ4n) is 3.92. The van der Waals surface area contributed by atoms with E-state index in [0.29, 0.717) is 0 Å². The highest BCUT2D eigenvalue weighted by Crippen LogP contribution is 2.37. The Morgan fingerprint density at radius 3 is 2.76 bits per heavy atom. The summed E-state index contributed by atoms with van der Waals surface area (Å²) in [6.45, 7) is 11.0. The lowest BCUT2D eigenvalue weighted by atomic mass is 10.00. The predicted molar refractivity (Wildman–Crippen MR) is 108 cm³/mol. The Hall–Kier alpha value is -2.20. The Labute approximate surface area is 154 Å². The van der Waals surface area contributed by atoms with Crippen molar-refractivity contribution in [3.63, 3.8) is 0 Å². The molecule has 2 aromatic heterocycles. The molecule has 1 aromatic carbocycles. The molecule has 0 atom stereocenters. The molecule has 0 saturated heterocycles. The number of allylic oxidation sites excluding steroid dienone is 1. The molecule has 0 radical (unpaired) electrons. The van der Waals surface area contributed by atoms with Crippen LogP contribution in [0.2, 0.25) is 0 Å². The average Bonchev–Trinajstić information content (AvgIpc) is 2.88. The number of hydrogen-bond acceptors (Lipinski definition) is 3. The number of anilines is 1. The number of thiol groups is 1. The summed E-state index contributed by atoms with van der Waals surface area (Å²) in [4.78, 5) is 8.14. The maximum absolute atomic E-state index is 4.79. The van der Waals surface area contributed by atoms with Gasteiger partial charge in [-0.2, -0.15) is 0 Å². The Bertz CT molecular complexity index is 971. The molecule has 4 rings (SSSR count). The molecule has 3 nitrogen and oxygen atoms in total. The minimum atomic E-state index is 0.784. The van der Waals surface area contributed by atoms with Crippen molar-refractivity contribution >= 4 is 29.3 Å². The number of aryl methyl sites for hydroxylation is 1. The first kappa shape index (κ1) is 16.3. The van der Waals surface area contributed by atoms with Gasteiger partial charge in [0.25, 0.3) is 0 Å². The minimum absolute atomic E-state index is 0.784. The van der Waals surface area contributed by atoms with Gasteiger partial charge in [0.05, 0.1) is 5.52 Å². The first-order valence-corrected chi connectivity index (χ1v) is 9.16. The molecular weight excluding hydrogens is 326 g/mol. The molecule has 1 aliphatic heterocycles. The number of nitrogens with zero attached hydrogens (tertiary/aromatic N) is 3. The standard InChI is InChI=1S/C21H23N3S/c1-4-10-24-15(3)14(2)19-18(25)12-22-21(20(19)24)23-11-9-16-7-5-6-8-17(16)13-23/h4-8,12,25H,1,9-11,13H2,2-3H3. The molecule has 0 spiro atoms. The van der Waals surface area contributed by atoms with Gasteiger partial charge in [0.1, 0.15) is 0 Å². The van der Waals surface area contributed by atoms with Gasteiger partial charge in [0.2, 0.25) is 0 Å². The van der Waals surface area contributed by atoms with Crippen molar-refractivity contribution in [2.45, 2.75) is 38.3 Å². The van der Waals surface area contributed by atoms with Crippen molar-refractivity contribution in [1.82, 2.24) is 9.55 Å². The number of pyridine rings is 1. The van der Waals surface area contributed by atoms with E-state index in [0.717, 1.165) is 36.8 Å². The van der Waals surface area contributed by atoms with Crippen molar-refractivity contribution in [2.75, 3.05) is 11.4 Å². The van der Waals surface area contributed by atoms with Crippen molar-refractivity contribution in [1.29, 1.82) is 0 Å². The Morgan fingerprint density at radius 1 is 1.24 bits per heavy atom. The van der Waals surface area contributed by atoms with Crippen LogP contribution in [0.15, 0.2) is 48.0 Å². The second-order valence-electron chi connectivity index (χ2n) is 6.74. The van der Waals surface area contributed by atoms with Gasteiger partial charge in [-0.1, -0.05) is 30.3 Å². The molecule has 0 bridgehead atoms. The third kappa shape index (κ3) is 2.56. The smallest absolute Gasteiger partial charge is 0.153 e. The van der Waals surface area contributed by atoms with E-state index < -0.39 is 0 Å². The lowest BCUT2D eigenvalue weighted by Crippen LogP contribution is -2.31. The van der Waals surface area contributed by atoms with Crippen molar-refractivity contribution in [3.05, 3.63) is 65.5 Å². The van der Waals surface area contributed by atoms with E-state index in [4.69, 9.17) is 4.98 Å². The second kappa shape index (κ2) is 6.26. The highest BCUT2D eigenvalue weighted by atomic mass is 32.1. The second-order valence-corrected chi connectivity index (χ2v) is 7.22. The van der Waals surface area contributed by atoms with Crippen LogP contribution in [0.3, 0.4) is 0 Å². The zero-order chi connectivity index (χ0) is 17.6. The van der Waals surface area contributed by atoms with Gasteiger partial charge in [0.15, 0.2) is 5.82 Å². The van der Waals surface area contributed by atoms with Crippen molar-refractivity contribution in [3.8, 4) is 0 Å². The largest absolute Gasteiger partial charge is 0.350 e. The summed E-state index contributed by atoms with van der Waals surface area (Å²) in [7, 11) is 0. The highest BCUT2D eigenvalue weighted by Gasteiger charge is 2.23. The molecule has 0 N–H and O–H groups in total. The first-order valence-electron chi connectivity index (χ1n) is 8.71. The van der Waals surface area contributed by atoms with Gasteiger partial charge in [-0.3, -0.25) is 0 Å². The highest BCUT2D eigenvalue weighted by molar-refractivity contribution is 7.80. The Morgan fingerprint density at radius 2 is 2.00 bits per heavy atom. The summed E-state index contributed by atoms with van der Waals surface area (Å²) in [5, 5.41) is 1.21. The van der Waals surface area contributed by atoms with Crippen LogP contribution in [-0.4, -0.2) is 16.1 Å². The summed E-state index contributed by atoms with van der Waals surface area (Å²) in [5.41, 5.74) is 6.57. The maximum Gasteiger partial charge on any atom is 0.153 e. The van der Waals surface area contributed by atoms with Gasteiger partial charge in [-0.25, -0.2) is 4.98 Å². The fourth-order valence-corrected chi connectivity index (χ4v) is 4.25. The molecule has 0 unspecified atom stereocenters. The zero-order valence-corrected chi connectivity index (χ0v) is 15.7. The molecule has 4 heteroatoms. The number of rotatable bonds is 3. The fraction of sp³-hybridized carbons (Fsp3) is 0.286. The summed E-state index contributed by atoms with van der Waals surface area (Å²) >= 11 is 4.68. The SMILES string of the molecule is C=CCn1c(C)c(C)c2c(S)cnc(N3CCc4ccccc4C3)c21. The van der Waals surface area contributed by atoms with Gasteiger partial charge in [-0.15, -0.1) is 19.2 Å². The summed E-state index contributed by atoms with van der Waals surface area (Å²) in [6, 6.07) is 8.71. The third-order valence-electron chi connectivity index (χ3n) is 5.35. The van der Waals surface area contributed by atoms with E-state index in [1.165, 1.54) is 33.3 Å². The molecular formula is C21H23N3S. The normalized spacial score (nSPS) is 14.0. The third-order valence-corrected chi connectivity index (χ3v) is 5.69. The van der Waals surface area contributed by atoms with Gasteiger partial charge < -0.3 is 9.47 Å². The monoisotopic (exact) mass is 349 g/mol. The number of fused-ring (bicyclic) bond motifs is 2. The van der Waals surface area contributed by atoms with Crippen LogP contribution in [0.1, 0.15) is 22.4 Å². The first-order chi connectivity index (χ1) is 12.1. The Balaban J connectivity index is 1.90. The minimum Gasteiger partial charge on any atom is -0.350 e. The quantitative estimate of drug-likeness (QED) is 0.547. The van der Waals surface area contributed by atoms with E-state index in [1.54, 1.807) is 0 Å². The van der Waals surface area contributed by atoms with Crippen molar-refractivity contribution < 1.29 is 0 Å². The number of hydrogen-bond donors (Lipinski definition) is 1. The van der Waals surface area contributed by atoms with Crippen LogP contribution in [0.4, 0.5) is 5.82 Å². The molecule has 3 heterocycles. The summed E-state index contributed by atoms with van der Waals surface area (Å²) < 4.78 is 2.32. The van der Waals surface area contributed by atoms with Crippen LogP contribution in [0, 0.1) is 13.8 Å². The molecule has 0 saturated carbocycles. The van der Waals surface area contributed by atoms with Crippen molar-refractivity contribution in [2.24, 2.45) is 0 Å². The van der Waals surface area contributed by atoms with E-state index in [-0.39, 0.29) is 0 Å². The lowest BCUT2D eigenvalue weighted by molar-refractivity contribution is 0.718. The summed E-state index contributed by atoms with van der Waals surface area (Å²) in [5.74, 6) is 1.06. The molecule has 0 aliphatic carbocycles. The molecule has 0 fully saturated rings. The average molecular weight is 350 g/mol. The van der Waals surface area contributed by atoms with Crippen LogP contribution in [-0.2, 0) is 19.5 Å². The molecule has 128 valence electrons. The van der Waals surface area contributed by atoms with E-state index >= 15 is 0 Å². The van der Waals surface area contributed by atoms with E-state index in [2.05, 4.69) is 66.8 Å². The number of benzene rings is 1. The van der Waals surface area contributed by atoms with Gasteiger partial charge in [0, 0.05) is 41.8 Å². The topological polar surface area (TPSA) is 21.1 Å². The van der Waals surface area contributed by atoms with E-state index in [9.17, 15) is 0 Å². The molecule has 0 amide bonds. The van der Waals surface area contributed by atoms with Crippen LogP contribution < -0.4 is 4.90 Å². The molecule has 1 aliphatic rings. The van der Waals surface area contributed by atoms with Crippen LogP contribution >= 0.6 is 12.6 Å². The lowest BCUT2D eigenvalue weighted by Gasteiger charge is -2.30. The van der Waals surface area contributed by atoms with Crippen LogP contribution in [0.5, 0.6) is 0 Å². The van der Waals surface area contributed by atoms with E-state index in [1.807, 2.05) is 12.3 Å². The van der Waals surface area contributed by atoms with Crippen LogP contribution in [0.25, 0.3) is 10.9 Å².